The van der Waals surface area contributed by atoms with Crippen LogP contribution >= 0.6 is 23.2 Å². The maximum atomic E-state index is 10.4. The van der Waals surface area contributed by atoms with Crippen molar-refractivity contribution in [2.75, 3.05) is 0 Å². The Morgan fingerprint density at radius 3 is 2.00 bits per heavy atom. The van der Waals surface area contributed by atoms with Crippen LogP contribution in [0.15, 0.2) is 36.4 Å². The molecule has 124 valence electrons. The standard InChI is InChI=1S/C20H24Cl2O/c1-19(2,3)12-20(4,5)15-11-14(13-9-7-6-8-10-13)18(23)17(22)16(15)21/h6-11,23H,12H2,1-5H3. The van der Waals surface area contributed by atoms with Crippen LogP contribution in [0.5, 0.6) is 5.75 Å². The lowest BCUT2D eigenvalue weighted by atomic mass is 9.72. The molecule has 23 heavy (non-hydrogen) atoms. The van der Waals surface area contributed by atoms with E-state index in [1.165, 1.54) is 0 Å². The van der Waals surface area contributed by atoms with Gasteiger partial charge in [0.1, 0.15) is 10.8 Å². The summed E-state index contributed by atoms with van der Waals surface area (Å²) < 4.78 is 0. The molecule has 0 unspecified atom stereocenters. The molecular weight excluding hydrogens is 327 g/mol. The molecule has 0 aliphatic heterocycles. The van der Waals surface area contributed by atoms with Crippen molar-refractivity contribution in [1.29, 1.82) is 0 Å². The van der Waals surface area contributed by atoms with Gasteiger partial charge in [0.2, 0.25) is 0 Å². The predicted octanol–water partition coefficient (Wildman–Crippen LogP) is 7.08. The highest BCUT2D eigenvalue weighted by Crippen LogP contribution is 2.47. The number of halogens is 2. The van der Waals surface area contributed by atoms with Crippen molar-refractivity contribution in [2.24, 2.45) is 5.41 Å². The summed E-state index contributed by atoms with van der Waals surface area (Å²) in [6.07, 6.45) is 0.953. The average Bonchev–Trinajstić information content (AvgIpc) is 2.43. The predicted molar refractivity (Wildman–Crippen MR) is 101 cm³/mol. The molecule has 0 radical (unpaired) electrons. The Balaban J connectivity index is 2.64. The van der Waals surface area contributed by atoms with E-state index in [0.717, 1.165) is 23.1 Å². The lowest BCUT2D eigenvalue weighted by Crippen LogP contribution is -2.25. The molecule has 0 bridgehead atoms. The smallest absolute Gasteiger partial charge is 0.143 e. The van der Waals surface area contributed by atoms with Crippen LogP contribution in [0.25, 0.3) is 11.1 Å². The summed E-state index contributed by atoms with van der Waals surface area (Å²) in [4.78, 5) is 0. The molecule has 3 heteroatoms. The normalized spacial score (nSPS) is 12.5. The summed E-state index contributed by atoms with van der Waals surface area (Å²) in [7, 11) is 0. The summed E-state index contributed by atoms with van der Waals surface area (Å²) >= 11 is 12.8. The zero-order valence-corrected chi connectivity index (χ0v) is 15.9. The highest BCUT2D eigenvalue weighted by atomic mass is 35.5. The molecule has 0 aliphatic rings. The summed E-state index contributed by atoms with van der Waals surface area (Å²) in [6, 6.07) is 11.7. The van der Waals surface area contributed by atoms with E-state index in [1.807, 2.05) is 36.4 Å². The maximum Gasteiger partial charge on any atom is 0.143 e. The second kappa shape index (κ2) is 6.37. The molecule has 0 aliphatic carbocycles. The minimum absolute atomic E-state index is 0.0400. The number of hydrogen-bond acceptors (Lipinski definition) is 1. The van der Waals surface area contributed by atoms with Gasteiger partial charge in [-0.1, -0.05) is 88.2 Å². The first-order valence-corrected chi connectivity index (χ1v) is 8.55. The molecule has 1 N–H and O–H groups in total. The van der Waals surface area contributed by atoms with E-state index < -0.39 is 0 Å². The van der Waals surface area contributed by atoms with Crippen molar-refractivity contribution in [3.63, 3.8) is 0 Å². The molecular formula is C20H24Cl2O. The zero-order chi connectivity index (χ0) is 17.4. The quantitative estimate of drug-likeness (QED) is 0.626. The summed E-state index contributed by atoms with van der Waals surface area (Å²) in [6.45, 7) is 11.0. The molecule has 0 heterocycles. The Morgan fingerprint density at radius 1 is 0.913 bits per heavy atom. The summed E-state index contributed by atoms with van der Waals surface area (Å²) in [5.74, 6) is 0.0400. The van der Waals surface area contributed by atoms with Crippen LogP contribution in [0.2, 0.25) is 10.0 Å². The van der Waals surface area contributed by atoms with E-state index in [1.54, 1.807) is 0 Å². The van der Waals surface area contributed by atoms with E-state index in [9.17, 15) is 5.11 Å². The Hall–Kier alpha value is -1.18. The molecule has 2 aromatic carbocycles. The van der Waals surface area contributed by atoms with Crippen molar-refractivity contribution in [3.8, 4) is 16.9 Å². The highest BCUT2D eigenvalue weighted by molar-refractivity contribution is 6.43. The van der Waals surface area contributed by atoms with Gasteiger partial charge in [0.15, 0.2) is 0 Å². The number of benzene rings is 2. The molecule has 0 saturated heterocycles. The molecule has 0 atom stereocenters. The Kier molecular flexibility index (Phi) is 5.03. The topological polar surface area (TPSA) is 20.2 Å². The van der Waals surface area contributed by atoms with Gasteiger partial charge in [-0.2, -0.15) is 0 Å². The van der Waals surface area contributed by atoms with E-state index >= 15 is 0 Å². The highest BCUT2D eigenvalue weighted by Gasteiger charge is 2.31. The van der Waals surface area contributed by atoms with Crippen LogP contribution in [0.1, 0.15) is 46.6 Å². The number of phenols is 1. The second-order valence-electron chi connectivity index (χ2n) is 7.94. The van der Waals surface area contributed by atoms with E-state index in [2.05, 4.69) is 34.6 Å². The van der Waals surface area contributed by atoms with Crippen LogP contribution in [0, 0.1) is 5.41 Å². The minimum Gasteiger partial charge on any atom is -0.506 e. The average molecular weight is 351 g/mol. The third-order valence-electron chi connectivity index (χ3n) is 3.97. The van der Waals surface area contributed by atoms with Gasteiger partial charge in [0, 0.05) is 5.56 Å². The molecule has 0 amide bonds. The van der Waals surface area contributed by atoms with Crippen LogP contribution in [-0.2, 0) is 5.41 Å². The van der Waals surface area contributed by atoms with E-state index in [4.69, 9.17) is 23.2 Å². The monoisotopic (exact) mass is 350 g/mol. The number of phenolic OH excluding ortho intramolecular Hbond substituents is 1. The Labute approximate surface area is 149 Å². The molecule has 2 aromatic rings. The van der Waals surface area contributed by atoms with Crippen LogP contribution in [-0.4, -0.2) is 5.11 Å². The van der Waals surface area contributed by atoms with Gasteiger partial charge in [0.05, 0.1) is 5.02 Å². The maximum absolute atomic E-state index is 10.4. The van der Waals surface area contributed by atoms with Gasteiger partial charge in [-0.15, -0.1) is 0 Å². The van der Waals surface area contributed by atoms with Gasteiger partial charge in [-0.05, 0) is 34.4 Å². The first kappa shape index (κ1) is 18.2. The third kappa shape index (κ3) is 4.02. The second-order valence-corrected chi connectivity index (χ2v) is 8.69. The zero-order valence-electron chi connectivity index (χ0n) is 14.4. The van der Waals surface area contributed by atoms with Crippen molar-refractivity contribution in [2.45, 2.75) is 46.5 Å². The molecule has 0 spiro atoms. The van der Waals surface area contributed by atoms with Crippen LogP contribution in [0.3, 0.4) is 0 Å². The van der Waals surface area contributed by atoms with Crippen LogP contribution < -0.4 is 0 Å². The molecule has 0 fully saturated rings. The summed E-state index contributed by atoms with van der Waals surface area (Å²) in [5, 5.41) is 11.1. The number of hydrogen-bond donors (Lipinski definition) is 1. The van der Waals surface area contributed by atoms with Crippen LogP contribution in [0.4, 0.5) is 0 Å². The SMILES string of the molecule is CC(C)(C)CC(C)(C)c1cc(-c2ccccc2)c(O)c(Cl)c1Cl. The van der Waals surface area contributed by atoms with Gasteiger partial charge < -0.3 is 5.11 Å². The first-order valence-electron chi connectivity index (χ1n) is 7.80. The van der Waals surface area contributed by atoms with Gasteiger partial charge >= 0.3 is 0 Å². The largest absolute Gasteiger partial charge is 0.506 e. The Morgan fingerprint density at radius 2 is 1.48 bits per heavy atom. The van der Waals surface area contributed by atoms with Gasteiger partial charge in [-0.3, -0.25) is 0 Å². The first-order chi connectivity index (χ1) is 10.5. The van der Waals surface area contributed by atoms with Crippen molar-refractivity contribution >= 4 is 23.2 Å². The summed E-state index contributed by atoms with van der Waals surface area (Å²) in [5.41, 5.74) is 2.62. The third-order valence-corrected chi connectivity index (χ3v) is 4.82. The van der Waals surface area contributed by atoms with Crippen molar-refractivity contribution in [1.82, 2.24) is 0 Å². The Bertz CT molecular complexity index is 698. The number of aromatic hydroxyl groups is 1. The number of rotatable bonds is 3. The fourth-order valence-corrected chi connectivity index (χ4v) is 3.97. The molecule has 0 aromatic heterocycles. The van der Waals surface area contributed by atoms with E-state index in [0.29, 0.717) is 5.02 Å². The lowest BCUT2D eigenvalue weighted by Gasteiger charge is -2.34. The molecule has 2 rings (SSSR count). The van der Waals surface area contributed by atoms with Gasteiger partial charge in [-0.25, -0.2) is 0 Å². The van der Waals surface area contributed by atoms with Crippen molar-refractivity contribution < 1.29 is 5.11 Å². The van der Waals surface area contributed by atoms with Gasteiger partial charge in [0.25, 0.3) is 0 Å². The van der Waals surface area contributed by atoms with Crippen molar-refractivity contribution in [3.05, 3.63) is 52.0 Å². The fourth-order valence-electron chi connectivity index (χ4n) is 3.37. The molecule has 0 saturated carbocycles. The van der Waals surface area contributed by atoms with E-state index in [-0.39, 0.29) is 21.6 Å². The minimum atomic E-state index is -0.157. The fraction of sp³-hybridized carbons (Fsp3) is 0.400. The molecule has 1 nitrogen and oxygen atoms in total. The lowest BCUT2D eigenvalue weighted by molar-refractivity contribution is 0.284.